The first kappa shape index (κ1) is 14.5. The molecule has 0 aliphatic rings. The third-order valence-electron chi connectivity index (χ3n) is 2.54. The summed E-state index contributed by atoms with van der Waals surface area (Å²) in [6.45, 7) is 5.13. The zero-order valence-electron chi connectivity index (χ0n) is 10.8. The Morgan fingerprint density at radius 3 is 2.22 bits per heavy atom. The molecule has 5 heteroatoms. The maximum Gasteiger partial charge on any atom is 0.158 e. The van der Waals surface area contributed by atoms with Crippen LogP contribution in [-0.2, 0) is 9.84 Å². The minimum Gasteiger partial charge on any atom is -0.493 e. The van der Waals surface area contributed by atoms with E-state index < -0.39 is 14.6 Å². The highest BCUT2D eigenvalue weighted by molar-refractivity contribution is 7.92. The summed E-state index contributed by atoms with van der Waals surface area (Å²) >= 11 is 0. The van der Waals surface area contributed by atoms with Crippen LogP contribution < -0.4 is 4.74 Å². The van der Waals surface area contributed by atoms with Crippen molar-refractivity contribution >= 4 is 9.84 Å². The molecule has 1 aromatic carbocycles. The lowest BCUT2D eigenvalue weighted by Crippen LogP contribution is -2.32. The van der Waals surface area contributed by atoms with E-state index in [1.54, 1.807) is 45.0 Å². The van der Waals surface area contributed by atoms with Gasteiger partial charge in [0.2, 0.25) is 0 Å². The molecule has 0 saturated heterocycles. The van der Waals surface area contributed by atoms with Crippen LogP contribution in [0, 0.1) is 11.3 Å². The average Bonchev–Trinajstić information content (AvgIpc) is 2.28. The molecule has 0 amide bonds. The van der Waals surface area contributed by atoms with Gasteiger partial charge in [-0.1, -0.05) is 0 Å². The van der Waals surface area contributed by atoms with Crippen molar-refractivity contribution < 1.29 is 13.2 Å². The lowest BCUT2D eigenvalue weighted by Gasteiger charge is -2.19. The van der Waals surface area contributed by atoms with Gasteiger partial charge in [0.05, 0.1) is 22.1 Å². The van der Waals surface area contributed by atoms with Gasteiger partial charge in [-0.2, -0.15) is 5.26 Å². The number of hydrogen-bond acceptors (Lipinski definition) is 4. The fourth-order valence-electron chi connectivity index (χ4n) is 1.20. The van der Waals surface area contributed by atoms with Gasteiger partial charge >= 0.3 is 0 Å². The van der Waals surface area contributed by atoms with Crippen LogP contribution in [0.4, 0.5) is 0 Å². The number of nitrogens with zero attached hydrogens (tertiary/aromatic N) is 1. The summed E-state index contributed by atoms with van der Waals surface area (Å²) in [6.07, 6.45) is 0. The second-order valence-electron chi connectivity index (χ2n) is 4.92. The predicted octanol–water partition coefficient (Wildman–Crippen LogP) is 2.15. The Labute approximate surface area is 108 Å². The van der Waals surface area contributed by atoms with E-state index in [1.807, 2.05) is 6.07 Å². The van der Waals surface area contributed by atoms with Crippen LogP contribution >= 0.6 is 0 Å². The summed E-state index contributed by atoms with van der Waals surface area (Å²) in [5, 5.41) is 8.63. The van der Waals surface area contributed by atoms with Crippen molar-refractivity contribution in [2.45, 2.75) is 25.5 Å². The summed E-state index contributed by atoms with van der Waals surface area (Å²) < 4.78 is 28.2. The molecular formula is C13H17NO3S. The number of benzene rings is 1. The summed E-state index contributed by atoms with van der Waals surface area (Å²) in [6, 6.07) is 8.58. The molecule has 1 rings (SSSR count). The fraction of sp³-hybridized carbons (Fsp3) is 0.462. The Morgan fingerprint density at radius 1 is 1.22 bits per heavy atom. The van der Waals surface area contributed by atoms with Gasteiger partial charge in [0.1, 0.15) is 12.4 Å². The van der Waals surface area contributed by atoms with Crippen molar-refractivity contribution in [1.29, 1.82) is 5.26 Å². The first-order valence-corrected chi connectivity index (χ1v) is 7.27. The van der Waals surface area contributed by atoms with Crippen molar-refractivity contribution in [3.63, 3.8) is 0 Å². The Balaban J connectivity index is 2.55. The van der Waals surface area contributed by atoms with E-state index in [1.165, 1.54) is 0 Å². The first-order valence-electron chi connectivity index (χ1n) is 5.61. The molecule has 0 aliphatic heterocycles. The van der Waals surface area contributed by atoms with E-state index >= 15 is 0 Å². The predicted molar refractivity (Wildman–Crippen MR) is 70.2 cm³/mol. The van der Waals surface area contributed by atoms with Crippen LogP contribution in [0.25, 0.3) is 0 Å². The standard InChI is InChI=1S/C13H17NO3S/c1-13(2,3)18(15,16)9-8-17-12-6-4-11(10-14)5-7-12/h4-7H,8-9H2,1-3H3. The van der Waals surface area contributed by atoms with E-state index in [0.29, 0.717) is 11.3 Å². The van der Waals surface area contributed by atoms with E-state index in [-0.39, 0.29) is 12.4 Å². The van der Waals surface area contributed by atoms with Gasteiger partial charge in [0.15, 0.2) is 9.84 Å². The Bertz CT molecular complexity index is 533. The molecule has 4 nitrogen and oxygen atoms in total. The topological polar surface area (TPSA) is 67.2 Å². The molecule has 0 spiro atoms. The summed E-state index contributed by atoms with van der Waals surface area (Å²) in [7, 11) is -3.16. The molecular weight excluding hydrogens is 250 g/mol. The monoisotopic (exact) mass is 267 g/mol. The molecule has 0 atom stereocenters. The molecule has 0 radical (unpaired) electrons. The van der Waals surface area contributed by atoms with Crippen LogP contribution in [0.5, 0.6) is 5.75 Å². The highest BCUT2D eigenvalue weighted by Crippen LogP contribution is 2.17. The molecule has 0 bridgehead atoms. The quantitative estimate of drug-likeness (QED) is 0.838. The van der Waals surface area contributed by atoms with E-state index in [4.69, 9.17) is 10.00 Å². The van der Waals surface area contributed by atoms with Crippen LogP contribution in [0.2, 0.25) is 0 Å². The molecule has 98 valence electrons. The first-order chi connectivity index (χ1) is 8.26. The molecule has 1 aromatic rings. The van der Waals surface area contributed by atoms with E-state index in [0.717, 1.165) is 0 Å². The highest BCUT2D eigenvalue weighted by Gasteiger charge is 2.28. The molecule has 0 aromatic heterocycles. The van der Waals surface area contributed by atoms with Gasteiger partial charge < -0.3 is 4.74 Å². The maximum absolute atomic E-state index is 11.8. The smallest absolute Gasteiger partial charge is 0.158 e. The van der Waals surface area contributed by atoms with Crippen LogP contribution in [-0.4, -0.2) is 25.5 Å². The Morgan fingerprint density at radius 2 is 1.78 bits per heavy atom. The Kier molecular flexibility index (Phi) is 4.36. The second kappa shape index (κ2) is 5.40. The van der Waals surface area contributed by atoms with Gasteiger partial charge in [-0.25, -0.2) is 8.42 Å². The van der Waals surface area contributed by atoms with Crippen molar-refractivity contribution in [3.8, 4) is 11.8 Å². The second-order valence-corrected chi connectivity index (χ2v) is 7.78. The van der Waals surface area contributed by atoms with Crippen LogP contribution in [0.3, 0.4) is 0 Å². The number of sulfone groups is 1. The molecule has 0 N–H and O–H groups in total. The van der Waals surface area contributed by atoms with Crippen LogP contribution in [0.15, 0.2) is 24.3 Å². The van der Waals surface area contributed by atoms with Gasteiger partial charge in [-0.15, -0.1) is 0 Å². The van der Waals surface area contributed by atoms with Crippen molar-refractivity contribution in [3.05, 3.63) is 29.8 Å². The van der Waals surface area contributed by atoms with Crippen molar-refractivity contribution in [2.24, 2.45) is 0 Å². The largest absolute Gasteiger partial charge is 0.493 e. The number of rotatable bonds is 4. The summed E-state index contributed by atoms with van der Waals surface area (Å²) in [4.78, 5) is 0. The lowest BCUT2D eigenvalue weighted by molar-refractivity contribution is 0.339. The van der Waals surface area contributed by atoms with E-state index in [2.05, 4.69) is 0 Å². The zero-order chi connectivity index (χ0) is 13.8. The molecule has 0 aliphatic carbocycles. The van der Waals surface area contributed by atoms with Crippen molar-refractivity contribution in [2.75, 3.05) is 12.4 Å². The molecule has 0 fully saturated rings. The lowest BCUT2D eigenvalue weighted by atomic mass is 10.2. The fourth-order valence-corrected chi connectivity index (χ4v) is 2.12. The maximum atomic E-state index is 11.8. The molecule has 18 heavy (non-hydrogen) atoms. The molecule has 0 heterocycles. The SMILES string of the molecule is CC(C)(C)S(=O)(=O)CCOc1ccc(C#N)cc1. The van der Waals surface area contributed by atoms with Gasteiger partial charge in [-0.3, -0.25) is 0 Å². The minimum absolute atomic E-state index is 0.0174. The third-order valence-corrected chi connectivity index (χ3v) is 5.11. The number of nitriles is 1. The molecule has 0 unspecified atom stereocenters. The van der Waals surface area contributed by atoms with Crippen LogP contribution in [0.1, 0.15) is 26.3 Å². The normalized spacial score (nSPS) is 11.9. The van der Waals surface area contributed by atoms with Gasteiger partial charge in [-0.05, 0) is 45.0 Å². The zero-order valence-corrected chi connectivity index (χ0v) is 11.6. The number of hydrogen-bond donors (Lipinski definition) is 0. The van der Waals surface area contributed by atoms with Crippen molar-refractivity contribution in [1.82, 2.24) is 0 Å². The summed E-state index contributed by atoms with van der Waals surface area (Å²) in [5.41, 5.74) is 0.546. The minimum atomic E-state index is -3.16. The number of ether oxygens (including phenoxy) is 1. The summed E-state index contributed by atoms with van der Waals surface area (Å²) in [5.74, 6) is 0.550. The van der Waals surface area contributed by atoms with Gasteiger partial charge in [0.25, 0.3) is 0 Å². The average molecular weight is 267 g/mol. The van der Waals surface area contributed by atoms with Gasteiger partial charge in [0, 0.05) is 0 Å². The van der Waals surface area contributed by atoms with E-state index in [9.17, 15) is 8.42 Å². The molecule has 0 saturated carbocycles. The highest BCUT2D eigenvalue weighted by atomic mass is 32.2. The third kappa shape index (κ3) is 3.74. The Hall–Kier alpha value is -1.54.